The largest absolute Gasteiger partial charge is 0.475 e. The molecule has 0 aliphatic carbocycles. The Hall–Kier alpha value is -1.67. The lowest BCUT2D eigenvalue weighted by atomic mass is 10.1. The topological polar surface area (TPSA) is 82.8 Å². The molecule has 1 aromatic heterocycles. The fraction of sp³-hybridized carbons (Fsp3) is 0.312. The number of halogens is 1. The van der Waals surface area contributed by atoms with Crippen LogP contribution in [0.3, 0.4) is 0 Å². The van der Waals surface area contributed by atoms with Gasteiger partial charge in [-0.05, 0) is 0 Å². The Bertz CT molecular complexity index is 672. The van der Waals surface area contributed by atoms with Crippen molar-refractivity contribution in [2.24, 2.45) is 0 Å². The molecular weight excluding hydrogens is 321 g/mol. The van der Waals surface area contributed by atoms with Gasteiger partial charge in [0.15, 0.2) is 11.3 Å². The van der Waals surface area contributed by atoms with E-state index in [2.05, 4.69) is 4.98 Å². The maximum atomic E-state index is 14.2. The molecule has 2 aromatic rings. The minimum atomic E-state index is -1.29. The molecule has 0 unspecified atom stereocenters. The molecule has 4 atom stereocenters. The number of rotatable bonds is 3. The molecule has 0 bridgehead atoms. The highest BCUT2D eigenvalue weighted by Gasteiger charge is 2.38. The Balaban J connectivity index is 1.76. The van der Waals surface area contributed by atoms with Gasteiger partial charge in [0.2, 0.25) is 0 Å². The molecule has 122 valence electrons. The number of thioether (sulfide) groups is 1. The molecule has 0 saturated carbocycles. The molecule has 0 radical (unpaired) electrons. The first-order valence-corrected chi connectivity index (χ1v) is 8.14. The summed E-state index contributed by atoms with van der Waals surface area (Å²) in [6.45, 7) is 0. The highest BCUT2D eigenvalue weighted by atomic mass is 32.2. The zero-order valence-corrected chi connectivity index (χ0v) is 12.9. The smallest absolute Gasteiger partial charge is 0.173 e. The van der Waals surface area contributed by atoms with E-state index in [4.69, 9.17) is 4.74 Å². The molecule has 7 heteroatoms. The lowest BCUT2D eigenvalue weighted by Gasteiger charge is -2.34. The van der Waals surface area contributed by atoms with Gasteiger partial charge in [-0.2, -0.15) is 0 Å². The highest BCUT2D eigenvalue weighted by molar-refractivity contribution is 7.99. The fourth-order valence-corrected chi connectivity index (χ4v) is 3.43. The third-order valence-electron chi connectivity index (χ3n) is 3.57. The second-order valence-corrected chi connectivity index (χ2v) is 6.37. The van der Waals surface area contributed by atoms with Gasteiger partial charge in [0.1, 0.15) is 23.7 Å². The van der Waals surface area contributed by atoms with Crippen LogP contribution in [-0.2, 0) is 0 Å². The number of hydrogen-bond donors (Lipinski definition) is 3. The zero-order valence-electron chi connectivity index (χ0n) is 12.0. The van der Waals surface area contributed by atoms with Crippen molar-refractivity contribution in [2.75, 3.05) is 5.75 Å². The van der Waals surface area contributed by atoms with Gasteiger partial charge in [0.25, 0.3) is 0 Å². The van der Waals surface area contributed by atoms with Gasteiger partial charge in [-0.3, -0.25) is 0 Å². The van der Waals surface area contributed by atoms with Crippen LogP contribution in [0, 0.1) is 5.82 Å². The van der Waals surface area contributed by atoms with Crippen LogP contribution in [0.25, 0.3) is 11.3 Å². The number of aliphatic hydroxyl groups is 3. The van der Waals surface area contributed by atoms with Crippen molar-refractivity contribution in [3.05, 3.63) is 48.4 Å². The average Bonchev–Trinajstić information content (AvgIpc) is 2.56. The summed E-state index contributed by atoms with van der Waals surface area (Å²) in [7, 11) is 0. The number of nitrogens with zero attached hydrogens (tertiary/aromatic N) is 1. The molecular formula is C16H16FNO4S. The number of ether oxygens (including phenoxy) is 1. The van der Waals surface area contributed by atoms with E-state index in [1.807, 2.05) is 6.07 Å². The molecule has 0 amide bonds. The van der Waals surface area contributed by atoms with Crippen molar-refractivity contribution in [3.8, 4) is 17.0 Å². The summed E-state index contributed by atoms with van der Waals surface area (Å²) in [6, 6.07) is 10.1. The summed E-state index contributed by atoms with van der Waals surface area (Å²) in [5.41, 5.74) is 0.0737. The first-order chi connectivity index (χ1) is 11.1. The van der Waals surface area contributed by atoms with Gasteiger partial charge in [0.05, 0.1) is 12.3 Å². The summed E-state index contributed by atoms with van der Waals surface area (Å²) < 4.78 is 19.7. The van der Waals surface area contributed by atoms with Crippen LogP contribution in [0.1, 0.15) is 0 Å². The van der Waals surface area contributed by atoms with E-state index in [0.717, 1.165) is 11.8 Å². The molecule has 3 rings (SSSR count). The first-order valence-electron chi connectivity index (χ1n) is 7.09. The molecule has 1 aliphatic heterocycles. The number of aliphatic hydroxyl groups excluding tert-OH is 3. The van der Waals surface area contributed by atoms with Crippen molar-refractivity contribution in [1.29, 1.82) is 0 Å². The molecule has 2 heterocycles. The number of pyridine rings is 1. The Labute approximate surface area is 136 Å². The van der Waals surface area contributed by atoms with Gasteiger partial charge < -0.3 is 20.1 Å². The Morgan fingerprint density at radius 2 is 1.87 bits per heavy atom. The molecule has 23 heavy (non-hydrogen) atoms. The zero-order chi connectivity index (χ0) is 16.4. The highest BCUT2D eigenvalue weighted by Crippen LogP contribution is 2.30. The van der Waals surface area contributed by atoms with Crippen LogP contribution in [0.4, 0.5) is 4.39 Å². The van der Waals surface area contributed by atoms with E-state index in [9.17, 15) is 19.7 Å². The van der Waals surface area contributed by atoms with Crippen LogP contribution >= 0.6 is 11.8 Å². The van der Waals surface area contributed by atoms with Crippen LogP contribution in [0.5, 0.6) is 5.75 Å². The molecule has 1 aliphatic rings. The number of aromatic nitrogens is 1. The third kappa shape index (κ3) is 3.48. The fourth-order valence-electron chi connectivity index (χ4n) is 2.31. The first kappa shape index (κ1) is 16.2. The van der Waals surface area contributed by atoms with Crippen LogP contribution in [0.15, 0.2) is 42.6 Å². The van der Waals surface area contributed by atoms with Crippen molar-refractivity contribution in [2.45, 2.75) is 23.7 Å². The van der Waals surface area contributed by atoms with Gasteiger partial charge >= 0.3 is 0 Å². The molecule has 1 aromatic carbocycles. The molecule has 5 nitrogen and oxygen atoms in total. The van der Waals surface area contributed by atoms with Gasteiger partial charge in [-0.15, -0.1) is 11.8 Å². The van der Waals surface area contributed by atoms with Gasteiger partial charge in [-0.25, -0.2) is 9.37 Å². The maximum absolute atomic E-state index is 14.2. The lowest BCUT2D eigenvalue weighted by Crippen LogP contribution is -2.50. The second-order valence-electron chi connectivity index (χ2n) is 5.24. The molecule has 0 spiro atoms. The Morgan fingerprint density at radius 1 is 1.13 bits per heavy atom. The van der Waals surface area contributed by atoms with Crippen molar-refractivity contribution in [3.63, 3.8) is 0 Å². The summed E-state index contributed by atoms with van der Waals surface area (Å²) in [4.78, 5) is 4.07. The number of benzene rings is 1. The maximum Gasteiger partial charge on any atom is 0.173 e. The van der Waals surface area contributed by atoms with E-state index in [1.165, 1.54) is 12.3 Å². The molecule has 1 fully saturated rings. The van der Waals surface area contributed by atoms with Gasteiger partial charge in [-0.1, -0.05) is 30.3 Å². The van der Waals surface area contributed by atoms with Crippen LogP contribution < -0.4 is 4.74 Å². The summed E-state index contributed by atoms with van der Waals surface area (Å²) in [5.74, 6) is -0.159. The van der Waals surface area contributed by atoms with E-state index in [0.29, 0.717) is 5.56 Å². The Morgan fingerprint density at radius 3 is 2.57 bits per heavy atom. The third-order valence-corrected chi connectivity index (χ3v) is 4.81. The van der Waals surface area contributed by atoms with Crippen molar-refractivity contribution in [1.82, 2.24) is 4.98 Å². The van der Waals surface area contributed by atoms with Gasteiger partial charge in [0, 0.05) is 17.4 Å². The van der Waals surface area contributed by atoms with E-state index >= 15 is 0 Å². The minimum absolute atomic E-state index is 0.155. The SMILES string of the molecule is O[C@@H]1[C@@H](O)[C@@H](Oc2cnc(-c3ccccc3)c(F)c2)SC[C@H]1O. The van der Waals surface area contributed by atoms with Crippen molar-refractivity contribution < 1.29 is 24.4 Å². The van der Waals surface area contributed by atoms with Crippen LogP contribution in [0.2, 0.25) is 0 Å². The second kappa shape index (κ2) is 6.84. The molecule has 1 saturated heterocycles. The van der Waals surface area contributed by atoms with Crippen molar-refractivity contribution >= 4 is 11.8 Å². The summed E-state index contributed by atoms with van der Waals surface area (Å²) in [5, 5.41) is 29.0. The normalized spacial score (nSPS) is 27.7. The predicted molar refractivity (Wildman–Crippen MR) is 84.5 cm³/mol. The predicted octanol–water partition coefficient (Wildman–Crippen LogP) is 1.42. The quantitative estimate of drug-likeness (QED) is 0.786. The average molecular weight is 337 g/mol. The monoisotopic (exact) mass is 337 g/mol. The molecule has 3 N–H and O–H groups in total. The van der Waals surface area contributed by atoms with Crippen LogP contribution in [-0.4, -0.2) is 49.8 Å². The van der Waals surface area contributed by atoms with E-state index in [-0.39, 0.29) is 17.2 Å². The van der Waals surface area contributed by atoms with E-state index < -0.39 is 29.6 Å². The minimum Gasteiger partial charge on any atom is -0.475 e. The summed E-state index contributed by atoms with van der Waals surface area (Å²) in [6.07, 6.45) is -2.19. The number of hydrogen-bond acceptors (Lipinski definition) is 6. The lowest BCUT2D eigenvalue weighted by molar-refractivity contribution is -0.0786. The Kier molecular flexibility index (Phi) is 4.82. The summed E-state index contributed by atoms with van der Waals surface area (Å²) >= 11 is 1.15. The van der Waals surface area contributed by atoms with E-state index in [1.54, 1.807) is 24.3 Å². The standard InChI is InChI=1S/C16H16FNO4S/c17-11-6-10(7-18-13(11)9-4-2-1-3-5-9)22-16-15(21)14(20)12(19)8-23-16/h1-7,12,14-16,19-21H,8H2/t12-,14+,15-,16+/m1/s1.